The molecule has 0 spiro atoms. The van der Waals surface area contributed by atoms with E-state index in [4.69, 9.17) is 5.11 Å². The van der Waals surface area contributed by atoms with Gasteiger partial charge in [0.25, 0.3) is 0 Å². The van der Waals surface area contributed by atoms with E-state index < -0.39 is 18.0 Å². The first-order chi connectivity index (χ1) is 8.42. The summed E-state index contributed by atoms with van der Waals surface area (Å²) < 4.78 is 0. The van der Waals surface area contributed by atoms with Crippen molar-refractivity contribution in [2.24, 2.45) is 0 Å². The highest BCUT2D eigenvalue weighted by Crippen LogP contribution is 2.13. The van der Waals surface area contributed by atoms with Crippen molar-refractivity contribution in [1.82, 2.24) is 5.32 Å². The number of carboxylic acid groups (broad SMARTS) is 1. The van der Waals surface area contributed by atoms with Gasteiger partial charge < -0.3 is 15.7 Å². The summed E-state index contributed by atoms with van der Waals surface area (Å²) in [6.45, 7) is 5.57. The lowest BCUT2D eigenvalue weighted by atomic mass is 10.1. The molecule has 0 heterocycles. The van der Waals surface area contributed by atoms with Crippen molar-refractivity contribution in [2.45, 2.75) is 33.2 Å². The van der Waals surface area contributed by atoms with Crippen LogP contribution in [0, 0.1) is 13.8 Å². The third-order valence-corrected chi connectivity index (χ3v) is 2.49. The van der Waals surface area contributed by atoms with Crippen LogP contribution in [-0.4, -0.2) is 23.1 Å². The maximum atomic E-state index is 11.6. The number of nitrogens with one attached hydrogen (secondary N) is 2. The molecule has 0 aliphatic heterocycles. The van der Waals surface area contributed by atoms with Crippen LogP contribution in [0.1, 0.15) is 24.5 Å². The molecular weight excluding hydrogens is 232 g/mol. The minimum atomic E-state index is -1.03. The normalized spacial score (nSPS) is 11.7. The van der Waals surface area contributed by atoms with Gasteiger partial charge in [0.1, 0.15) is 6.04 Å². The van der Waals surface area contributed by atoms with Gasteiger partial charge in [-0.15, -0.1) is 0 Å². The lowest BCUT2D eigenvalue weighted by Gasteiger charge is -2.13. The molecule has 1 aromatic carbocycles. The first-order valence-electron chi connectivity index (χ1n) is 5.81. The maximum Gasteiger partial charge on any atom is 0.326 e. The van der Waals surface area contributed by atoms with Gasteiger partial charge in [-0.3, -0.25) is 0 Å². The van der Waals surface area contributed by atoms with Crippen molar-refractivity contribution in [3.63, 3.8) is 0 Å². The predicted molar refractivity (Wildman–Crippen MR) is 69.8 cm³/mol. The molecule has 0 unspecified atom stereocenters. The zero-order valence-corrected chi connectivity index (χ0v) is 10.8. The second-order valence-corrected chi connectivity index (χ2v) is 4.27. The van der Waals surface area contributed by atoms with Crippen LogP contribution in [0.4, 0.5) is 10.5 Å². The van der Waals surface area contributed by atoms with Crippen molar-refractivity contribution < 1.29 is 14.7 Å². The highest BCUT2D eigenvalue weighted by atomic mass is 16.4. The SMILES string of the molecule is CC[C@H](NC(=O)Nc1cc(C)cc(C)c1)C(=O)O. The lowest BCUT2D eigenvalue weighted by molar-refractivity contribution is -0.139. The smallest absolute Gasteiger partial charge is 0.326 e. The van der Waals surface area contributed by atoms with Crippen LogP contribution in [0.15, 0.2) is 18.2 Å². The molecule has 18 heavy (non-hydrogen) atoms. The number of benzene rings is 1. The van der Waals surface area contributed by atoms with Crippen LogP contribution in [0.25, 0.3) is 0 Å². The Morgan fingerprint density at radius 1 is 1.22 bits per heavy atom. The van der Waals surface area contributed by atoms with E-state index in [1.807, 2.05) is 32.0 Å². The summed E-state index contributed by atoms with van der Waals surface area (Å²) in [6, 6.07) is 4.28. The van der Waals surface area contributed by atoms with Crippen LogP contribution >= 0.6 is 0 Å². The number of aryl methyl sites for hydroxylation is 2. The Hall–Kier alpha value is -2.04. The Morgan fingerprint density at radius 2 is 1.78 bits per heavy atom. The summed E-state index contributed by atoms with van der Waals surface area (Å²) in [5.74, 6) is -1.03. The fraction of sp³-hybridized carbons (Fsp3) is 0.385. The Labute approximate surface area is 106 Å². The Morgan fingerprint density at radius 3 is 2.22 bits per heavy atom. The molecule has 98 valence electrons. The molecule has 0 aliphatic rings. The summed E-state index contributed by atoms with van der Waals surface area (Å²) in [6.07, 6.45) is 0.343. The first kappa shape index (κ1) is 14.0. The summed E-state index contributed by atoms with van der Waals surface area (Å²) in [5.41, 5.74) is 2.73. The van der Waals surface area contributed by atoms with E-state index in [1.54, 1.807) is 6.92 Å². The van der Waals surface area contributed by atoms with Crippen molar-refractivity contribution in [3.05, 3.63) is 29.3 Å². The molecule has 1 rings (SSSR count). The zero-order chi connectivity index (χ0) is 13.7. The topological polar surface area (TPSA) is 78.4 Å². The number of carbonyl (C=O) groups excluding carboxylic acids is 1. The van der Waals surface area contributed by atoms with Gasteiger partial charge >= 0.3 is 12.0 Å². The van der Waals surface area contributed by atoms with E-state index in [2.05, 4.69) is 10.6 Å². The number of hydrogen-bond acceptors (Lipinski definition) is 2. The standard InChI is InChI=1S/C13H18N2O3/c1-4-11(12(16)17)15-13(18)14-10-6-8(2)5-9(3)7-10/h5-7,11H,4H2,1-3H3,(H,16,17)(H2,14,15,18)/t11-/m0/s1. The van der Waals surface area contributed by atoms with Gasteiger partial charge in [-0.25, -0.2) is 9.59 Å². The molecule has 5 heteroatoms. The van der Waals surface area contributed by atoms with E-state index >= 15 is 0 Å². The molecule has 0 radical (unpaired) electrons. The molecule has 0 aromatic heterocycles. The van der Waals surface area contributed by atoms with E-state index in [-0.39, 0.29) is 0 Å². The maximum absolute atomic E-state index is 11.6. The second-order valence-electron chi connectivity index (χ2n) is 4.27. The highest BCUT2D eigenvalue weighted by molar-refractivity contribution is 5.92. The molecule has 1 aromatic rings. The van der Waals surface area contributed by atoms with Crippen LogP contribution in [-0.2, 0) is 4.79 Å². The van der Waals surface area contributed by atoms with Gasteiger partial charge in [-0.05, 0) is 43.5 Å². The van der Waals surface area contributed by atoms with Crippen molar-refractivity contribution in [2.75, 3.05) is 5.32 Å². The van der Waals surface area contributed by atoms with E-state index in [9.17, 15) is 9.59 Å². The first-order valence-corrected chi connectivity index (χ1v) is 5.81. The van der Waals surface area contributed by atoms with Gasteiger partial charge in [0.15, 0.2) is 0 Å². The van der Waals surface area contributed by atoms with Crippen LogP contribution in [0.3, 0.4) is 0 Å². The van der Waals surface area contributed by atoms with Crippen LogP contribution in [0.5, 0.6) is 0 Å². The molecular formula is C13H18N2O3. The number of carboxylic acids is 1. The average molecular weight is 250 g/mol. The third-order valence-electron chi connectivity index (χ3n) is 2.49. The quantitative estimate of drug-likeness (QED) is 0.767. The predicted octanol–water partition coefficient (Wildman–Crippen LogP) is 2.29. The number of carbonyl (C=O) groups is 2. The molecule has 5 nitrogen and oxygen atoms in total. The highest BCUT2D eigenvalue weighted by Gasteiger charge is 2.17. The lowest BCUT2D eigenvalue weighted by Crippen LogP contribution is -2.42. The third kappa shape index (κ3) is 4.08. The van der Waals surface area contributed by atoms with Crippen LogP contribution in [0.2, 0.25) is 0 Å². The van der Waals surface area contributed by atoms with E-state index in [0.29, 0.717) is 12.1 Å². The molecule has 0 saturated carbocycles. The van der Waals surface area contributed by atoms with Gasteiger partial charge in [0, 0.05) is 5.69 Å². The zero-order valence-electron chi connectivity index (χ0n) is 10.8. The molecule has 0 fully saturated rings. The number of hydrogen-bond donors (Lipinski definition) is 3. The number of amides is 2. The summed E-state index contributed by atoms with van der Waals surface area (Å²) in [5, 5.41) is 13.9. The molecule has 1 atom stereocenters. The Bertz CT molecular complexity index is 437. The van der Waals surface area contributed by atoms with Gasteiger partial charge in [0.2, 0.25) is 0 Å². The van der Waals surface area contributed by atoms with E-state index in [1.165, 1.54) is 0 Å². The Kier molecular flexibility index (Phi) is 4.71. The molecule has 0 bridgehead atoms. The largest absolute Gasteiger partial charge is 0.480 e. The fourth-order valence-electron chi connectivity index (χ4n) is 1.71. The monoisotopic (exact) mass is 250 g/mol. The van der Waals surface area contributed by atoms with E-state index in [0.717, 1.165) is 11.1 Å². The van der Waals surface area contributed by atoms with Gasteiger partial charge in [-0.2, -0.15) is 0 Å². The average Bonchev–Trinajstić information content (AvgIpc) is 2.23. The second kappa shape index (κ2) is 6.05. The number of anilines is 1. The van der Waals surface area contributed by atoms with Gasteiger partial charge in [-0.1, -0.05) is 13.0 Å². The van der Waals surface area contributed by atoms with Gasteiger partial charge in [0.05, 0.1) is 0 Å². The van der Waals surface area contributed by atoms with Crippen molar-refractivity contribution >= 4 is 17.7 Å². The fourth-order valence-corrected chi connectivity index (χ4v) is 1.71. The minimum Gasteiger partial charge on any atom is -0.480 e. The molecule has 0 saturated heterocycles. The van der Waals surface area contributed by atoms with Crippen molar-refractivity contribution in [3.8, 4) is 0 Å². The summed E-state index contributed by atoms with van der Waals surface area (Å²) in [7, 11) is 0. The van der Waals surface area contributed by atoms with Crippen molar-refractivity contribution in [1.29, 1.82) is 0 Å². The van der Waals surface area contributed by atoms with Crippen LogP contribution < -0.4 is 10.6 Å². The summed E-state index contributed by atoms with van der Waals surface area (Å²) >= 11 is 0. The number of rotatable bonds is 4. The number of aliphatic carboxylic acids is 1. The molecule has 0 aliphatic carbocycles. The molecule has 3 N–H and O–H groups in total. The molecule has 2 amide bonds. The number of urea groups is 1. The Balaban J connectivity index is 2.67. The summed E-state index contributed by atoms with van der Waals surface area (Å²) in [4.78, 5) is 22.4. The minimum absolute atomic E-state index is 0.343.